The lowest BCUT2D eigenvalue weighted by Crippen LogP contribution is -2.45. The average molecular weight is 565 g/mol. The first kappa shape index (κ1) is 23.8. The van der Waals surface area contributed by atoms with Gasteiger partial charge in [0, 0.05) is 33.8 Å². The van der Waals surface area contributed by atoms with Crippen molar-refractivity contribution >= 4 is 28.9 Å². The van der Waals surface area contributed by atoms with E-state index in [0.29, 0.717) is 22.3 Å². The molecule has 1 aliphatic carbocycles. The second-order valence-corrected chi connectivity index (χ2v) is 11.2. The van der Waals surface area contributed by atoms with Gasteiger partial charge in [0.2, 0.25) is 0 Å². The van der Waals surface area contributed by atoms with Crippen LogP contribution in [0.4, 0.5) is 5.69 Å². The van der Waals surface area contributed by atoms with Crippen LogP contribution in [-0.2, 0) is 4.79 Å². The normalized spacial score (nSPS) is 17.9. The maximum atomic E-state index is 13.6. The molecule has 0 spiro atoms. The first-order valence-corrected chi connectivity index (χ1v) is 13.4. The van der Waals surface area contributed by atoms with E-state index in [-0.39, 0.29) is 17.4 Å². The largest absolute Gasteiger partial charge is 0.476 e. The standard InChI is InChI=1S/C29H21ClN8O3/c1-29(2)28(40)34-20-5-3-14(8-24(20)41-29)21-12-31-27(33-21)26-19-11-18(19)23-7-15(9-25(39)38(23)26)17-10-16(30)4-6-22(17)37-13-32-35-36-37/h3-10,12-13,18H,11H2,1-2H3,(H,31,33)(H,34,40). The number of ether oxygens (including phenoxy) is 1. The zero-order valence-corrected chi connectivity index (χ0v) is 22.6. The number of anilines is 1. The van der Waals surface area contributed by atoms with Gasteiger partial charge in [0.05, 0.1) is 29.0 Å². The lowest BCUT2D eigenvalue weighted by Gasteiger charge is -2.31. The predicted molar refractivity (Wildman–Crippen MR) is 151 cm³/mol. The van der Waals surface area contributed by atoms with Crippen LogP contribution in [0.3, 0.4) is 0 Å². The molecule has 0 bridgehead atoms. The molecule has 2 aliphatic heterocycles. The maximum absolute atomic E-state index is 13.6. The molecule has 3 aliphatic rings. The van der Waals surface area contributed by atoms with Crippen molar-refractivity contribution in [1.82, 2.24) is 34.7 Å². The van der Waals surface area contributed by atoms with E-state index in [4.69, 9.17) is 16.3 Å². The van der Waals surface area contributed by atoms with E-state index >= 15 is 0 Å². The number of halogens is 1. The number of fused-ring (bicyclic) bond motifs is 4. The summed E-state index contributed by atoms with van der Waals surface area (Å²) < 4.78 is 9.24. The van der Waals surface area contributed by atoms with Gasteiger partial charge in [-0.25, -0.2) is 4.98 Å². The molecular weight excluding hydrogens is 544 g/mol. The van der Waals surface area contributed by atoms with E-state index < -0.39 is 5.60 Å². The maximum Gasteiger partial charge on any atom is 0.268 e. The number of carbonyl (C=O) groups excluding carboxylic acids is 1. The molecule has 1 atom stereocenters. The third-order valence-corrected chi connectivity index (χ3v) is 7.98. The summed E-state index contributed by atoms with van der Waals surface area (Å²) in [4.78, 5) is 33.9. The fraction of sp³-hybridized carbons (Fsp3) is 0.172. The number of aromatic amines is 1. The third-order valence-electron chi connectivity index (χ3n) is 7.75. The molecule has 1 fully saturated rings. The van der Waals surface area contributed by atoms with E-state index in [1.807, 2.05) is 36.4 Å². The molecule has 12 heteroatoms. The Kier molecular flexibility index (Phi) is 4.79. The number of nitrogens with zero attached hydrogens (tertiary/aromatic N) is 6. The number of carbonyl (C=O) groups is 1. The number of H-pyrrole nitrogens is 1. The van der Waals surface area contributed by atoms with Gasteiger partial charge in [0.15, 0.2) is 11.4 Å². The summed E-state index contributed by atoms with van der Waals surface area (Å²) in [5.74, 6) is 1.18. The highest BCUT2D eigenvalue weighted by molar-refractivity contribution is 6.31. The molecule has 5 heterocycles. The molecule has 202 valence electrons. The van der Waals surface area contributed by atoms with Crippen LogP contribution in [0.2, 0.25) is 5.02 Å². The average Bonchev–Trinajstić information content (AvgIpc) is 3.28. The molecule has 0 saturated heterocycles. The van der Waals surface area contributed by atoms with Gasteiger partial charge in [-0.05, 0) is 78.2 Å². The molecule has 5 aromatic rings. The second-order valence-electron chi connectivity index (χ2n) is 10.8. The first-order chi connectivity index (χ1) is 19.8. The number of allylic oxidation sites excluding steroid dienone is 1. The van der Waals surface area contributed by atoms with Crippen molar-refractivity contribution in [3.8, 4) is 33.8 Å². The van der Waals surface area contributed by atoms with Gasteiger partial charge in [0.25, 0.3) is 11.5 Å². The SMILES string of the molecule is CC1(C)Oc2cc(-c3cnc(C4=C5CC5c5cc(-c6cc(Cl)ccc6-n6cnnn6)cc(=O)n54)[nH]3)ccc2NC1=O. The molecule has 1 amide bonds. The molecule has 3 aromatic heterocycles. The number of tetrazole rings is 1. The highest BCUT2D eigenvalue weighted by atomic mass is 35.5. The molecule has 8 rings (SSSR count). The molecule has 1 saturated carbocycles. The van der Waals surface area contributed by atoms with Crippen molar-refractivity contribution < 1.29 is 9.53 Å². The van der Waals surface area contributed by atoms with Crippen molar-refractivity contribution in [1.29, 1.82) is 0 Å². The number of pyridine rings is 1. The number of aromatic nitrogens is 7. The number of hydrogen-bond acceptors (Lipinski definition) is 7. The highest BCUT2D eigenvalue weighted by Crippen LogP contribution is 2.56. The Morgan fingerprint density at radius 1 is 1.07 bits per heavy atom. The molecule has 11 nitrogen and oxygen atoms in total. The van der Waals surface area contributed by atoms with Crippen molar-refractivity contribution in [3.05, 3.63) is 93.5 Å². The fourth-order valence-electron chi connectivity index (χ4n) is 5.62. The molecule has 41 heavy (non-hydrogen) atoms. The van der Waals surface area contributed by atoms with Gasteiger partial charge in [-0.15, -0.1) is 5.10 Å². The highest BCUT2D eigenvalue weighted by Gasteiger charge is 2.45. The van der Waals surface area contributed by atoms with Gasteiger partial charge in [-0.3, -0.25) is 14.2 Å². The van der Waals surface area contributed by atoms with E-state index in [1.165, 1.54) is 11.9 Å². The number of rotatable bonds is 4. The van der Waals surface area contributed by atoms with Crippen LogP contribution in [0, 0.1) is 0 Å². The number of nitrogens with one attached hydrogen (secondary N) is 2. The van der Waals surface area contributed by atoms with Crippen molar-refractivity contribution in [2.45, 2.75) is 31.8 Å². The monoisotopic (exact) mass is 564 g/mol. The summed E-state index contributed by atoms with van der Waals surface area (Å²) >= 11 is 6.35. The number of amides is 1. The van der Waals surface area contributed by atoms with E-state index in [0.717, 1.165) is 45.9 Å². The minimum atomic E-state index is -0.968. The number of hydrogen-bond donors (Lipinski definition) is 2. The zero-order chi connectivity index (χ0) is 28.0. The van der Waals surface area contributed by atoms with Crippen LogP contribution in [0.1, 0.15) is 37.7 Å². The molecule has 0 radical (unpaired) electrons. The van der Waals surface area contributed by atoms with Crippen LogP contribution in [-0.4, -0.2) is 46.3 Å². The lowest BCUT2D eigenvalue weighted by atomic mass is 10.0. The Hall–Kier alpha value is -5.03. The van der Waals surface area contributed by atoms with Crippen LogP contribution in [0.25, 0.3) is 33.8 Å². The van der Waals surface area contributed by atoms with Crippen LogP contribution < -0.4 is 15.6 Å². The smallest absolute Gasteiger partial charge is 0.268 e. The second kappa shape index (κ2) is 8.24. The van der Waals surface area contributed by atoms with Gasteiger partial charge in [-0.1, -0.05) is 17.7 Å². The van der Waals surface area contributed by atoms with Gasteiger partial charge in [0.1, 0.15) is 12.1 Å². The summed E-state index contributed by atoms with van der Waals surface area (Å²) in [6.07, 6.45) is 4.12. The summed E-state index contributed by atoms with van der Waals surface area (Å²) in [7, 11) is 0. The number of benzene rings is 2. The van der Waals surface area contributed by atoms with E-state index in [9.17, 15) is 9.59 Å². The van der Waals surface area contributed by atoms with Crippen molar-refractivity contribution in [2.24, 2.45) is 0 Å². The van der Waals surface area contributed by atoms with Crippen LogP contribution >= 0.6 is 11.6 Å². The van der Waals surface area contributed by atoms with E-state index in [1.54, 1.807) is 41.4 Å². The molecule has 1 unspecified atom stereocenters. The first-order valence-electron chi connectivity index (χ1n) is 13.0. The summed E-state index contributed by atoms with van der Waals surface area (Å²) in [5, 5.41) is 14.9. The quantitative estimate of drug-likeness (QED) is 0.330. The number of imidazole rings is 1. The van der Waals surface area contributed by atoms with Crippen molar-refractivity contribution in [3.63, 3.8) is 0 Å². The van der Waals surface area contributed by atoms with Gasteiger partial charge < -0.3 is 15.0 Å². The Balaban J connectivity index is 1.17. The third kappa shape index (κ3) is 3.66. The molecule has 2 N–H and O–H groups in total. The Morgan fingerprint density at radius 3 is 2.78 bits per heavy atom. The predicted octanol–water partition coefficient (Wildman–Crippen LogP) is 4.40. The lowest BCUT2D eigenvalue weighted by molar-refractivity contribution is -0.129. The molecule has 2 aromatic carbocycles. The fourth-order valence-corrected chi connectivity index (χ4v) is 5.79. The Morgan fingerprint density at radius 2 is 1.95 bits per heavy atom. The Bertz CT molecular complexity index is 2020. The van der Waals surface area contributed by atoms with Gasteiger partial charge in [-0.2, -0.15) is 4.68 Å². The minimum Gasteiger partial charge on any atom is -0.476 e. The Labute approximate surface area is 237 Å². The van der Waals surface area contributed by atoms with E-state index in [2.05, 4.69) is 30.8 Å². The topological polar surface area (TPSA) is 133 Å². The summed E-state index contributed by atoms with van der Waals surface area (Å²) in [6, 6.07) is 14.6. The summed E-state index contributed by atoms with van der Waals surface area (Å²) in [5.41, 5.74) is 6.22. The summed E-state index contributed by atoms with van der Waals surface area (Å²) in [6.45, 7) is 3.46. The molecular formula is C29H21ClN8O3. The van der Waals surface area contributed by atoms with Crippen molar-refractivity contribution in [2.75, 3.05) is 5.32 Å². The van der Waals surface area contributed by atoms with Gasteiger partial charge >= 0.3 is 0 Å². The minimum absolute atomic E-state index is 0.157. The zero-order valence-electron chi connectivity index (χ0n) is 21.8. The van der Waals surface area contributed by atoms with Crippen LogP contribution in [0.5, 0.6) is 5.75 Å². The van der Waals surface area contributed by atoms with Crippen LogP contribution in [0.15, 0.2) is 71.4 Å².